The van der Waals surface area contributed by atoms with Gasteiger partial charge < -0.3 is 14.3 Å². The number of carboxylic acids is 1. The summed E-state index contributed by atoms with van der Waals surface area (Å²) in [6, 6.07) is 0. The van der Waals surface area contributed by atoms with Crippen LogP contribution in [0.3, 0.4) is 0 Å². The topological polar surface area (TPSA) is 63.6 Å². The van der Waals surface area contributed by atoms with Crippen LogP contribution in [0.15, 0.2) is 0 Å². The van der Waals surface area contributed by atoms with Gasteiger partial charge in [0.05, 0.1) is 27.6 Å². The van der Waals surface area contributed by atoms with E-state index in [-0.39, 0.29) is 12.4 Å². The number of carbonyl (C=O) groups is 2. The molecule has 0 aromatic heterocycles. The predicted octanol–water partition coefficient (Wildman–Crippen LogP) is 9.32. The number of ether oxygens (including phenoxy) is 1. The Morgan fingerprint density at radius 2 is 0.947 bits per heavy atom. The highest BCUT2D eigenvalue weighted by Crippen LogP contribution is 2.16. The van der Waals surface area contributed by atoms with E-state index in [1.165, 1.54) is 122 Å². The first-order valence-corrected chi connectivity index (χ1v) is 16.3. The molecule has 0 spiro atoms. The molecule has 5 heteroatoms. The molecule has 1 atom stereocenters. The SMILES string of the molecule is CC(C)CCCCCCCCCCCCCCCCCCCCCCC(=O)OC(CC(=O)O)C[N+](C)(C)C. The van der Waals surface area contributed by atoms with E-state index in [4.69, 9.17) is 9.84 Å². The number of quaternary nitrogens is 1. The average molecular weight is 541 g/mol. The van der Waals surface area contributed by atoms with Crippen LogP contribution in [0.2, 0.25) is 0 Å². The number of hydrogen-bond donors (Lipinski definition) is 1. The summed E-state index contributed by atoms with van der Waals surface area (Å²) in [4.78, 5) is 23.2. The number of unbranched alkanes of at least 4 members (excludes halogenated alkanes) is 19. The van der Waals surface area contributed by atoms with Gasteiger partial charge in [-0.2, -0.15) is 0 Å². The van der Waals surface area contributed by atoms with Gasteiger partial charge in [0.2, 0.25) is 0 Å². The Morgan fingerprint density at radius 3 is 1.26 bits per heavy atom. The molecule has 0 saturated carbocycles. The van der Waals surface area contributed by atoms with Crippen LogP contribution in [0.4, 0.5) is 0 Å². The van der Waals surface area contributed by atoms with Gasteiger partial charge in [-0.15, -0.1) is 0 Å². The second-order valence-corrected chi connectivity index (χ2v) is 13.2. The number of esters is 1. The predicted molar refractivity (Wildman–Crippen MR) is 161 cm³/mol. The summed E-state index contributed by atoms with van der Waals surface area (Å²) < 4.78 is 6.02. The van der Waals surface area contributed by atoms with Crippen molar-refractivity contribution in [2.75, 3.05) is 27.7 Å². The Hall–Kier alpha value is -1.10. The van der Waals surface area contributed by atoms with Gasteiger partial charge in [-0.05, 0) is 12.3 Å². The third-order valence-corrected chi connectivity index (χ3v) is 7.36. The fourth-order valence-corrected chi connectivity index (χ4v) is 5.20. The third kappa shape index (κ3) is 29.5. The zero-order valence-corrected chi connectivity index (χ0v) is 26.2. The number of carboxylic acid groups (broad SMARTS) is 1. The minimum absolute atomic E-state index is 0.125. The molecule has 0 radical (unpaired) electrons. The van der Waals surface area contributed by atoms with Gasteiger partial charge in [-0.3, -0.25) is 9.59 Å². The Morgan fingerprint density at radius 1 is 0.605 bits per heavy atom. The molecule has 0 aliphatic carbocycles. The highest BCUT2D eigenvalue weighted by molar-refractivity contribution is 5.71. The van der Waals surface area contributed by atoms with E-state index in [0.29, 0.717) is 17.4 Å². The number of rotatable bonds is 28. The first-order chi connectivity index (χ1) is 18.1. The Labute approximate surface area is 237 Å². The largest absolute Gasteiger partial charge is 0.481 e. The summed E-state index contributed by atoms with van der Waals surface area (Å²) >= 11 is 0. The van der Waals surface area contributed by atoms with Gasteiger partial charge in [0.1, 0.15) is 6.54 Å². The van der Waals surface area contributed by atoms with Crippen molar-refractivity contribution >= 4 is 11.9 Å². The van der Waals surface area contributed by atoms with E-state index in [2.05, 4.69) is 13.8 Å². The molecule has 0 saturated heterocycles. The second kappa shape index (κ2) is 24.9. The van der Waals surface area contributed by atoms with Crippen LogP contribution < -0.4 is 0 Å². The van der Waals surface area contributed by atoms with Gasteiger partial charge in [0.15, 0.2) is 6.10 Å². The maximum Gasteiger partial charge on any atom is 0.307 e. The smallest absolute Gasteiger partial charge is 0.307 e. The molecule has 0 fully saturated rings. The maximum absolute atomic E-state index is 12.1. The highest BCUT2D eigenvalue weighted by Gasteiger charge is 2.24. The lowest BCUT2D eigenvalue weighted by Crippen LogP contribution is -2.43. The minimum atomic E-state index is -0.921. The van der Waals surface area contributed by atoms with Gasteiger partial charge >= 0.3 is 11.9 Å². The van der Waals surface area contributed by atoms with Crippen molar-refractivity contribution in [2.24, 2.45) is 5.92 Å². The molecule has 1 unspecified atom stereocenters. The Balaban J connectivity index is 3.39. The summed E-state index contributed by atoms with van der Waals surface area (Å²) in [7, 11) is 5.93. The summed E-state index contributed by atoms with van der Waals surface area (Å²) in [6.45, 7) is 5.17. The van der Waals surface area contributed by atoms with Crippen LogP contribution in [0.1, 0.15) is 162 Å². The molecule has 226 valence electrons. The van der Waals surface area contributed by atoms with Gasteiger partial charge in [-0.25, -0.2) is 0 Å². The first-order valence-electron chi connectivity index (χ1n) is 16.3. The van der Waals surface area contributed by atoms with Crippen LogP contribution >= 0.6 is 0 Å². The monoisotopic (exact) mass is 540 g/mol. The Bertz CT molecular complexity index is 556. The molecule has 0 amide bonds. The third-order valence-electron chi connectivity index (χ3n) is 7.36. The fraction of sp³-hybridized carbons (Fsp3) is 0.939. The van der Waals surface area contributed by atoms with Crippen LogP contribution in [0.25, 0.3) is 0 Å². The maximum atomic E-state index is 12.1. The summed E-state index contributed by atoms with van der Waals surface area (Å²) in [5, 5.41) is 9.06. The number of aliphatic carboxylic acids is 1. The molecule has 0 heterocycles. The van der Waals surface area contributed by atoms with E-state index in [9.17, 15) is 9.59 Å². The summed E-state index contributed by atoms with van der Waals surface area (Å²) in [5.41, 5.74) is 0. The molecule has 0 bridgehead atoms. The van der Waals surface area contributed by atoms with Crippen molar-refractivity contribution in [3.8, 4) is 0 Å². The summed E-state index contributed by atoms with van der Waals surface area (Å²) in [5.74, 6) is -0.307. The molecule has 0 aromatic carbocycles. The van der Waals surface area contributed by atoms with Crippen molar-refractivity contribution in [3.05, 3.63) is 0 Å². The quantitative estimate of drug-likeness (QED) is 0.0610. The lowest BCUT2D eigenvalue weighted by atomic mass is 10.0. The number of likely N-dealkylation sites (N-methyl/N-ethyl adjacent to an activating group) is 1. The van der Waals surface area contributed by atoms with Gasteiger partial charge in [0, 0.05) is 6.42 Å². The lowest BCUT2D eigenvalue weighted by molar-refractivity contribution is -0.873. The molecular weight excluding hydrogens is 474 g/mol. The zero-order chi connectivity index (χ0) is 28.5. The minimum Gasteiger partial charge on any atom is -0.481 e. The molecule has 0 aromatic rings. The van der Waals surface area contributed by atoms with E-state index >= 15 is 0 Å². The molecular formula is C33H66NO4+. The first kappa shape index (κ1) is 36.9. The number of hydrogen-bond acceptors (Lipinski definition) is 3. The molecule has 0 aliphatic rings. The van der Waals surface area contributed by atoms with Crippen molar-refractivity contribution in [1.29, 1.82) is 0 Å². The summed E-state index contributed by atoms with van der Waals surface area (Å²) in [6.07, 6.45) is 28.0. The van der Waals surface area contributed by atoms with Gasteiger partial charge in [-0.1, -0.05) is 142 Å². The normalized spacial score (nSPS) is 12.7. The van der Waals surface area contributed by atoms with Crippen LogP contribution in [0.5, 0.6) is 0 Å². The van der Waals surface area contributed by atoms with Crippen LogP contribution in [-0.2, 0) is 14.3 Å². The molecule has 1 N–H and O–H groups in total. The molecule has 0 rings (SSSR count). The van der Waals surface area contributed by atoms with Crippen molar-refractivity contribution in [2.45, 2.75) is 168 Å². The number of carbonyl (C=O) groups excluding carboxylic acids is 1. The van der Waals surface area contributed by atoms with Gasteiger partial charge in [0.25, 0.3) is 0 Å². The fourth-order valence-electron chi connectivity index (χ4n) is 5.20. The van der Waals surface area contributed by atoms with E-state index in [1.807, 2.05) is 21.1 Å². The van der Waals surface area contributed by atoms with Crippen LogP contribution in [-0.4, -0.2) is 55.3 Å². The van der Waals surface area contributed by atoms with Crippen LogP contribution in [0, 0.1) is 5.92 Å². The average Bonchev–Trinajstić information content (AvgIpc) is 2.80. The van der Waals surface area contributed by atoms with Crippen molar-refractivity contribution in [3.63, 3.8) is 0 Å². The van der Waals surface area contributed by atoms with E-state index in [0.717, 1.165) is 18.8 Å². The standard InChI is InChI=1S/C33H65NO4/c1-30(2)26-24-22-20-18-16-14-12-10-8-6-7-9-11-13-15-17-19-21-23-25-27-33(37)38-31(28-32(35)36)29-34(3,4)5/h30-31H,6-29H2,1-5H3/p+1. The molecule has 38 heavy (non-hydrogen) atoms. The Kier molecular flexibility index (Phi) is 24.2. The number of nitrogens with zero attached hydrogens (tertiary/aromatic N) is 1. The molecule has 5 nitrogen and oxygen atoms in total. The van der Waals surface area contributed by atoms with E-state index < -0.39 is 12.1 Å². The van der Waals surface area contributed by atoms with E-state index in [1.54, 1.807) is 0 Å². The van der Waals surface area contributed by atoms with Crippen molar-refractivity contribution < 1.29 is 23.9 Å². The zero-order valence-electron chi connectivity index (χ0n) is 26.2. The lowest BCUT2D eigenvalue weighted by Gasteiger charge is -2.28. The van der Waals surface area contributed by atoms with Crippen molar-refractivity contribution in [1.82, 2.24) is 0 Å². The second-order valence-electron chi connectivity index (χ2n) is 13.2. The molecule has 0 aliphatic heterocycles. The highest BCUT2D eigenvalue weighted by atomic mass is 16.5.